The molecule has 0 unspecified atom stereocenters. The van der Waals surface area contributed by atoms with Crippen molar-refractivity contribution in [3.8, 4) is 0 Å². The highest BCUT2D eigenvalue weighted by Gasteiger charge is 2.19. The van der Waals surface area contributed by atoms with Gasteiger partial charge in [-0.05, 0) is 36.8 Å². The number of carbonyl (C=O) groups is 1. The molecule has 0 aliphatic carbocycles. The molecule has 0 aromatic carbocycles. The Hall–Kier alpha value is -2.43. The van der Waals surface area contributed by atoms with Crippen LogP contribution in [0.5, 0.6) is 0 Å². The van der Waals surface area contributed by atoms with E-state index in [4.69, 9.17) is 5.73 Å². The first kappa shape index (κ1) is 15.0. The highest BCUT2D eigenvalue weighted by atomic mass is 16.1. The lowest BCUT2D eigenvalue weighted by Gasteiger charge is -2.19. The van der Waals surface area contributed by atoms with Crippen molar-refractivity contribution in [2.24, 2.45) is 0 Å². The van der Waals surface area contributed by atoms with Crippen LogP contribution in [0.15, 0.2) is 30.5 Å². The van der Waals surface area contributed by atoms with E-state index < -0.39 is 0 Å². The van der Waals surface area contributed by atoms with Gasteiger partial charge in [0.1, 0.15) is 11.6 Å². The highest BCUT2D eigenvalue weighted by molar-refractivity contribution is 6.04. The molecule has 0 fully saturated rings. The van der Waals surface area contributed by atoms with E-state index >= 15 is 0 Å². The summed E-state index contributed by atoms with van der Waals surface area (Å²) in [6.07, 6.45) is 1.66. The van der Waals surface area contributed by atoms with E-state index in [0.29, 0.717) is 17.2 Å². The number of hydrogen-bond acceptors (Lipinski definition) is 4. The molecule has 0 saturated heterocycles. The second kappa shape index (κ2) is 5.52. The number of nitrogens with one attached hydrogen (secondary N) is 1. The minimum Gasteiger partial charge on any atom is -0.384 e. The summed E-state index contributed by atoms with van der Waals surface area (Å²) in [5.74, 6) is 0.616. The fraction of sp³-hybridized carbons (Fsp3) is 0.312. The van der Waals surface area contributed by atoms with Crippen molar-refractivity contribution in [3.63, 3.8) is 0 Å². The van der Waals surface area contributed by atoms with Gasteiger partial charge in [-0.25, -0.2) is 9.97 Å². The van der Waals surface area contributed by atoms with Gasteiger partial charge in [0.25, 0.3) is 5.91 Å². The predicted molar refractivity (Wildman–Crippen MR) is 84.3 cm³/mol. The number of carbonyl (C=O) groups excluding carboxylic acids is 1. The maximum atomic E-state index is 12.3. The number of aryl methyl sites for hydroxylation is 1. The Bertz CT molecular complexity index is 674. The first-order valence-electron chi connectivity index (χ1n) is 6.78. The molecule has 2 aromatic rings. The van der Waals surface area contributed by atoms with E-state index in [0.717, 1.165) is 11.3 Å². The van der Waals surface area contributed by atoms with Crippen LogP contribution in [0.2, 0.25) is 0 Å². The van der Waals surface area contributed by atoms with Crippen molar-refractivity contribution >= 4 is 17.5 Å². The van der Waals surface area contributed by atoms with Crippen LogP contribution < -0.4 is 11.1 Å². The van der Waals surface area contributed by atoms with Gasteiger partial charge in [-0.2, -0.15) is 0 Å². The van der Waals surface area contributed by atoms with Crippen molar-refractivity contribution < 1.29 is 4.79 Å². The third kappa shape index (κ3) is 3.78. The molecule has 0 bridgehead atoms. The minimum atomic E-state index is -0.243. The van der Waals surface area contributed by atoms with Gasteiger partial charge in [0.2, 0.25) is 0 Å². The molecule has 5 nitrogen and oxygen atoms in total. The Kier molecular flexibility index (Phi) is 3.93. The van der Waals surface area contributed by atoms with Crippen molar-refractivity contribution in [2.75, 3.05) is 11.1 Å². The Morgan fingerprint density at radius 2 is 1.95 bits per heavy atom. The normalized spacial score (nSPS) is 11.2. The van der Waals surface area contributed by atoms with Crippen molar-refractivity contribution in [1.29, 1.82) is 0 Å². The van der Waals surface area contributed by atoms with Gasteiger partial charge in [-0.3, -0.25) is 4.79 Å². The Morgan fingerprint density at radius 1 is 1.24 bits per heavy atom. The highest BCUT2D eigenvalue weighted by Crippen LogP contribution is 2.23. The third-order valence-electron chi connectivity index (χ3n) is 3.03. The molecule has 0 atom stereocenters. The largest absolute Gasteiger partial charge is 0.384 e. The molecule has 0 saturated carbocycles. The Balaban J connectivity index is 2.29. The maximum absolute atomic E-state index is 12.3. The first-order valence-corrected chi connectivity index (χ1v) is 6.78. The summed E-state index contributed by atoms with van der Waals surface area (Å²) in [5.41, 5.74) is 7.93. The molecule has 0 radical (unpaired) electrons. The fourth-order valence-electron chi connectivity index (χ4n) is 1.86. The molecule has 5 heteroatoms. The molecular weight excluding hydrogens is 264 g/mol. The molecule has 3 N–H and O–H groups in total. The van der Waals surface area contributed by atoms with Crippen molar-refractivity contribution in [2.45, 2.75) is 33.1 Å². The number of anilines is 2. The average molecular weight is 284 g/mol. The van der Waals surface area contributed by atoms with Crippen LogP contribution in [-0.2, 0) is 5.41 Å². The monoisotopic (exact) mass is 284 g/mol. The van der Waals surface area contributed by atoms with Crippen LogP contribution in [0.3, 0.4) is 0 Å². The van der Waals surface area contributed by atoms with Gasteiger partial charge in [0.05, 0.1) is 0 Å². The van der Waals surface area contributed by atoms with Gasteiger partial charge in [0, 0.05) is 22.9 Å². The number of aromatic nitrogens is 2. The lowest BCUT2D eigenvalue weighted by atomic mass is 9.90. The molecule has 110 valence electrons. The number of nitrogens with two attached hydrogens (primary N) is 1. The van der Waals surface area contributed by atoms with E-state index in [2.05, 4.69) is 15.3 Å². The average Bonchev–Trinajstić information content (AvgIpc) is 2.37. The lowest BCUT2D eigenvalue weighted by molar-refractivity contribution is 0.102. The number of nitrogen functional groups attached to an aromatic ring is 1. The number of amides is 1. The zero-order valence-corrected chi connectivity index (χ0v) is 12.8. The molecule has 2 rings (SSSR count). The van der Waals surface area contributed by atoms with Crippen LogP contribution >= 0.6 is 0 Å². The quantitative estimate of drug-likeness (QED) is 0.888. The summed E-state index contributed by atoms with van der Waals surface area (Å²) in [5, 5.41) is 2.77. The van der Waals surface area contributed by atoms with Gasteiger partial charge in [-0.15, -0.1) is 0 Å². The van der Waals surface area contributed by atoms with Crippen LogP contribution in [0.1, 0.15) is 42.4 Å². The van der Waals surface area contributed by atoms with Crippen molar-refractivity contribution in [3.05, 3.63) is 47.3 Å². The smallest absolute Gasteiger partial charge is 0.257 e. The second-order valence-corrected chi connectivity index (χ2v) is 6.09. The summed E-state index contributed by atoms with van der Waals surface area (Å²) >= 11 is 0. The van der Waals surface area contributed by atoms with Crippen LogP contribution in [0, 0.1) is 6.92 Å². The third-order valence-corrected chi connectivity index (χ3v) is 3.03. The zero-order chi connectivity index (χ0) is 15.6. The van der Waals surface area contributed by atoms with Crippen molar-refractivity contribution in [1.82, 2.24) is 9.97 Å². The van der Waals surface area contributed by atoms with Gasteiger partial charge < -0.3 is 11.1 Å². The number of pyridine rings is 2. The molecular formula is C16H20N4O. The van der Waals surface area contributed by atoms with Crippen LogP contribution in [0.4, 0.5) is 11.6 Å². The van der Waals surface area contributed by atoms with Crippen LogP contribution in [-0.4, -0.2) is 15.9 Å². The molecule has 0 aliphatic heterocycles. The van der Waals surface area contributed by atoms with E-state index in [9.17, 15) is 4.79 Å². The summed E-state index contributed by atoms with van der Waals surface area (Å²) < 4.78 is 0. The summed E-state index contributed by atoms with van der Waals surface area (Å²) in [7, 11) is 0. The molecule has 0 aliphatic rings. The van der Waals surface area contributed by atoms with E-state index in [1.54, 1.807) is 18.3 Å². The van der Waals surface area contributed by atoms with E-state index in [-0.39, 0.29) is 11.3 Å². The summed E-state index contributed by atoms with van der Waals surface area (Å²) in [4.78, 5) is 20.7. The maximum Gasteiger partial charge on any atom is 0.257 e. The zero-order valence-electron chi connectivity index (χ0n) is 12.8. The molecule has 2 heterocycles. The number of rotatable bonds is 2. The second-order valence-electron chi connectivity index (χ2n) is 6.09. The molecule has 21 heavy (non-hydrogen) atoms. The minimum absolute atomic E-state index is 0.175. The number of nitrogens with zero attached hydrogens (tertiary/aromatic N) is 2. The van der Waals surface area contributed by atoms with Crippen LogP contribution in [0.25, 0.3) is 0 Å². The molecule has 1 amide bonds. The van der Waals surface area contributed by atoms with E-state index in [1.807, 2.05) is 39.8 Å². The van der Waals surface area contributed by atoms with Gasteiger partial charge in [0.15, 0.2) is 0 Å². The molecule has 2 aromatic heterocycles. The first-order chi connectivity index (χ1) is 9.75. The van der Waals surface area contributed by atoms with E-state index in [1.165, 1.54) is 0 Å². The SMILES string of the molecule is Cc1ccnc(NC(=O)c2cc(N)nc(C(C)(C)C)c2)c1. The van der Waals surface area contributed by atoms with Gasteiger partial charge in [-0.1, -0.05) is 20.8 Å². The number of hydrogen-bond donors (Lipinski definition) is 2. The molecule has 0 spiro atoms. The summed E-state index contributed by atoms with van der Waals surface area (Å²) in [6, 6.07) is 7.02. The predicted octanol–water partition coefficient (Wildman–Crippen LogP) is 2.92. The summed E-state index contributed by atoms with van der Waals surface area (Å²) in [6.45, 7) is 8.02. The topological polar surface area (TPSA) is 80.9 Å². The standard InChI is InChI=1S/C16H20N4O/c1-10-5-6-18-14(7-10)20-15(21)11-8-12(16(2,3)4)19-13(17)9-11/h5-9H,1-4H3,(H2,17,19)(H,18,20,21). The Labute approximate surface area is 124 Å². The lowest BCUT2D eigenvalue weighted by Crippen LogP contribution is -2.19. The van der Waals surface area contributed by atoms with Gasteiger partial charge >= 0.3 is 0 Å². The Morgan fingerprint density at radius 3 is 2.57 bits per heavy atom. The fourth-order valence-corrected chi connectivity index (χ4v) is 1.86.